The van der Waals surface area contributed by atoms with Crippen molar-refractivity contribution in [2.24, 2.45) is 11.1 Å². The van der Waals surface area contributed by atoms with Crippen molar-refractivity contribution >= 4 is 22.9 Å². The molecule has 1 heterocycles. The number of benzene rings is 1. The molecule has 3 nitrogen and oxygen atoms in total. The molecule has 1 aliphatic heterocycles. The summed E-state index contributed by atoms with van der Waals surface area (Å²) < 4.78 is 5.43. The maximum absolute atomic E-state index is 5.80. The molecule has 104 valence electrons. The Bertz CT molecular complexity index is 467. The molecule has 0 radical (unpaired) electrons. The van der Waals surface area contributed by atoms with Gasteiger partial charge in [-0.3, -0.25) is 0 Å². The SMILES string of the molecule is Cc1cccc(C(N)=S)c1NCC1(C)CCOCC1. The highest BCUT2D eigenvalue weighted by molar-refractivity contribution is 7.80. The third-order valence-corrected chi connectivity index (χ3v) is 4.15. The highest BCUT2D eigenvalue weighted by atomic mass is 32.1. The third kappa shape index (κ3) is 3.45. The van der Waals surface area contributed by atoms with Gasteiger partial charge >= 0.3 is 0 Å². The Morgan fingerprint density at radius 2 is 2.11 bits per heavy atom. The van der Waals surface area contributed by atoms with Crippen molar-refractivity contribution in [3.05, 3.63) is 29.3 Å². The maximum atomic E-state index is 5.80. The fourth-order valence-corrected chi connectivity index (χ4v) is 2.62. The Morgan fingerprint density at radius 1 is 1.42 bits per heavy atom. The summed E-state index contributed by atoms with van der Waals surface area (Å²) in [5.74, 6) is 0. The summed E-state index contributed by atoms with van der Waals surface area (Å²) in [5, 5.41) is 3.55. The number of nitrogens with two attached hydrogens (primary N) is 1. The van der Waals surface area contributed by atoms with E-state index in [1.54, 1.807) is 0 Å². The molecule has 19 heavy (non-hydrogen) atoms. The van der Waals surface area contributed by atoms with Crippen LogP contribution in [0.25, 0.3) is 0 Å². The van der Waals surface area contributed by atoms with Crippen molar-refractivity contribution < 1.29 is 4.74 Å². The summed E-state index contributed by atoms with van der Waals surface area (Å²) in [4.78, 5) is 0.448. The Hall–Kier alpha value is -1.13. The van der Waals surface area contributed by atoms with Gasteiger partial charge in [0.15, 0.2) is 0 Å². The smallest absolute Gasteiger partial charge is 0.106 e. The average Bonchev–Trinajstić information content (AvgIpc) is 2.38. The van der Waals surface area contributed by atoms with Gasteiger partial charge in [-0.2, -0.15) is 0 Å². The monoisotopic (exact) mass is 278 g/mol. The molecule has 1 aromatic rings. The largest absolute Gasteiger partial charge is 0.389 e. The van der Waals surface area contributed by atoms with Gasteiger partial charge in [0.25, 0.3) is 0 Å². The summed E-state index contributed by atoms with van der Waals surface area (Å²) in [5.41, 5.74) is 9.27. The van der Waals surface area contributed by atoms with E-state index in [2.05, 4.69) is 25.2 Å². The molecular weight excluding hydrogens is 256 g/mol. The summed E-state index contributed by atoms with van der Waals surface area (Å²) in [6.07, 6.45) is 2.18. The molecule has 2 rings (SSSR count). The Morgan fingerprint density at radius 3 is 2.74 bits per heavy atom. The van der Waals surface area contributed by atoms with Gasteiger partial charge in [-0.1, -0.05) is 31.3 Å². The van der Waals surface area contributed by atoms with Crippen molar-refractivity contribution in [1.29, 1.82) is 0 Å². The normalized spacial score (nSPS) is 18.0. The summed E-state index contributed by atoms with van der Waals surface area (Å²) in [6.45, 7) is 7.02. The van der Waals surface area contributed by atoms with Gasteiger partial charge in [0.2, 0.25) is 0 Å². The third-order valence-electron chi connectivity index (χ3n) is 3.93. The van der Waals surface area contributed by atoms with E-state index in [1.165, 1.54) is 5.56 Å². The lowest BCUT2D eigenvalue weighted by atomic mass is 9.82. The average molecular weight is 278 g/mol. The molecule has 0 saturated carbocycles. The zero-order valence-electron chi connectivity index (χ0n) is 11.7. The van der Waals surface area contributed by atoms with Crippen LogP contribution in [0.3, 0.4) is 0 Å². The van der Waals surface area contributed by atoms with Crippen LogP contribution >= 0.6 is 12.2 Å². The highest BCUT2D eigenvalue weighted by Gasteiger charge is 2.27. The van der Waals surface area contributed by atoms with Crippen LogP contribution in [0.15, 0.2) is 18.2 Å². The van der Waals surface area contributed by atoms with Gasteiger partial charge in [0.05, 0.1) is 0 Å². The molecular formula is C15H22N2OS. The Kier molecular flexibility index (Phi) is 4.42. The maximum Gasteiger partial charge on any atom is 0.106 e. The van der Waals surface area contributed by atoms with Gasteiger partial charge in [-0.15, -0.1) is 0 Å². The van der Waals surface area contributed by atoms with Crippen LogP contribution in [0.2, 0.25) is 0 Å². The van der Waals surface area contributed by atoms with Crippen LogP contribution in [-0.4, -0.2) is 24.7 Å². The summed E-state index contributed by atoms with van der Waals surface area (Å²) in [7, 11) is 0. The van der Waals surface area contributed by atoms with Crippen molar-refractivity contribution in [2.75, 3.05) is 25.1 Å². The molecule has 1 aromatic carbocycles. The molecule has 1 fully saturated rings. The number of para-hydroxylation sites is 1. The second kappa shape index (κ2) is 5.88. The fraction of sp³-hybridized carbons (Fsp3) is 0.533. The quantitative estimate of drug-likeness (QED) is 0.831. The summed E-state index contributed by atoms with van der Waals surface area (Å²) >= 11 is 5.13. The number of aryl methyl sites for hydroxylation is 1. The zero-order valence-corrected chi connectivity index (χ0v) is 12.5. The standard InChI is InChI=1S/C15H22N2OS/c1-11-4-3-5-12(14(16)19)13(11)17-10-15(2)6-8-18-9-7-15/h3-5,17H,6-10H2,1-2H3,(H2,16,19). The van der Waals surface area contributed by atoms with Gasteiger partial charge in [0.1, 0.15) is 4.99 Å². The molecule has 0 unspecified atom stereocenters. The predicted molar refractivity (Wildman–Crippen MR) is 83.7 cm³/mol. The minimum Gasteiger partial charge on any atom is -0.389 e. The van der Waals surface area contributed by atoms with E-state index in [9.17, 15) is 0 Å². The minimum atomic E-state index is 0.286. The summed E-state index contributed by atoms with van der Waals surface area (Å²) in [6, 6.07) is 6.05. The molecule has 0 aliphatic carbocycles. The van der Waals surface area contributed by atoms with E-state index in [4.69, 9.17) is 22.7 Å². The number of nitrogens with one attached hydrogen (secondary N) is 1. The number of ether oxygens (including phenoxy) is 1. The first-order valence-corrected chi connectivity index (χ1v) is 7.14. The fourth-order valence-electron chi connectivity index (χ4n) is 2.45. The van der Waals surface area contributed by atoms with Gasteiger partial charge in [-0.05, 0) is 36.8 Å². The molecule has 0 spiro atoms. The molecule has 0 aromatic heterocycles. The second-order valence-electron chi connectivity index (χ2n) is 5.64. The van der Waals surface area contributed by atoms with Crippen LogP contribution < -0.4 is 11.1 Å². The van der Waals surface area contributed by atoms with Crippen molar-refractivity contribution in [1.82, 2.24) is 0 Å². The molecule has 4 heteroatoms. The number of hydrogen-bond acceptors (Lipinski definition) is 3. The number of hydrogen-bond donors (Lipinski definition) is 2. The number of rotatable bonds is 4. The van der Waals surface area contributed by atoms with E-state index in [0.717, 1.165) is 43.9 Å². The second-order valence-corrected chi connectivity index (χ2v) is 6.08. The first kappa shape index (κ1) is 14.3. The first-order chi connectivity index (χ1) is 9.02. The van der Waals surface area contributed by atoms with Crippen LogP contribution in [0, 0.1) is 12.3 Å². The van der Waals surface area contributed by atoms with Crippen molar-refractivity contribution in [2.45, 2.75) is 26.7 Å². The van der Waals surface area contributed by atoms with Crippen LogP contribution in [0.4, 0.5) is 5.69 Å². The van der Waals surface area contributed by atoms with E-state index >= 15 is 0 Å². The lowest BCUT2D eigenvalue weighted by molar-refractivity contribution is 0.0300. The van der Waals surface area contributed by atoms with Crippen LogP contribution in [0.1, 0.15) is 30.9 Å². The van der Waals surface area contributed by atoms with E-state index in [-0.39, 0.29) is 5.41 Å². The van der Waals surface area contributed by atoms with Gasteiger partial charge in [0, 0.05) is 31.0 Å². The molecule has 3 N–H and O–H groups in total. The van der Waals surface area contributed by atoms with Gasteiger partial charge in [-0.25, -0.2) is 0 Å². The van der Waals surface area contributed by atoms with E-state index in [1.807, 2.05) is 12.1 Å². The van der Waals surface area contributed by atoms with Crippen LogP contribution in [0.5, 0.6) is 0 Å². The molecule has 1 saturated heterocycles. The topological polar surface area (TPSA) is 47.3 Å². The molecule has 0 amide bonds. The van der Waals surface area contributed by atoms with Crippen molar-refractivity contribution in [3.8, 4) is 0 Å². The van der Waals surface area contributed by atoms with Crippen molar-refractivity contribution in [3.63, 3.8) is 0 Å². The lowest BCUT2D eigenvalue weighted by Crippen LogP contribution is -2.33. The highest BCUT2D eigenvalue weighted by Crippen LogP contribution is 2.31. The number of anilines is 1. The zero-order chi connectivity index (χ0) is 13.9. The van der Waals surface area contributed by atoms with Gasteiger partial charge < -0.3 is 15.8 Å². The molecule has 0 bridgehead atoms. The first-order valence-electron chi connectivity index (χ1n) is 6.73. The molecule has 0 atom stereocenters. The minimum absolute atomic E-state index is 0.286. The van der Waals surface area contributed by atoms with E-state index in [0.29, 0.717) is 4.99 Å². The molecule has 1 aliphatic rings. The predicted octanol–water partition coefficient (Wildman–Crippen LogP) is 2.86. The van der Waals surface area contributed by atoms with E-state index < -0.39 is 0 Å². The lowest BCUT2D eigenvalue weighted by Gasteiger charge is -2.34. The van der Waals surface area contributed by atoms with Crippen LogP contribution in [-0.2, 0) is 4.74 Å². The Labute approximate surface area is 120 Å². The number of thiocarbonyl (C=S) groups is 1. The Balaban J connectivity index is 2.12.